The van der Waals surface area contributed by atoms with Crippen molar-refractivity contribution >= 4 is 79.4 Å². The number of unbranched alkanes of at least 4 members (excludes halogenated alkanes) is 9. The summed E-state index contributed by atoms with van der Waals surface area (Å²) in [7, 11) is 0. The lowest BCUT2D eigenvalue weighted by molar-refractivity contribution is 0.667. The van der Waals surface area contributed by atoms with E-state index < -0.39 is 0 Å². The number of hydrogen-bond acceptors (Lipinski definition) is 8. The van der Waals surface area contributed by atoms with Crippen LogP contribution >= 0.6 is 79.4 Å². The number of thiophene rings is 6. The summed E-state index contributed by atoms with van der Waals surface area (Å²) in [4.78, 5) is 23.0. The highest BCUT2D eigenvalue weighted by atomic mass is 32.1. The van der Waals surface area contributed by atoms with E-state index in [-0.39, 0.29) is 0 Å². The van der Waals surface area contributed by atoms with Crippen molar-refractivity contribution in [2.75, 3.05) is 0 Å². The summed E-state index contributed by atoms with van der Waals surface area (Å²) in [5.74, 6) is 0. The highest BCUT2D eigenvalue weighted by Crippen LogP contribution is 2.49. The number of aromatic nitrogens is 1. The summed E-state index contributed by atoms with van der Waals surface area (Å²) in [6, 6.07) is 23.9. The van der Waals surface area contributed by atoms with Crippen LogP contribution in [0, 0.1) is 6.92 Å². The van der Waals surface area contributed by atoms with Gasteiger partial charge in [-0.05, 0) is 117 Å². The van der Waals surface area contributed by atoms with E-state index in [2.05, 4.69) is 99.5 Å². The smallest absolute Gasteiger partial charge is 0.0900 e. The molecule has 0 radical (unpaired) electrons. The Kier molecular flexibility index (Phi) is 14.7. The van der Waals surface area contributed by atoms with Crippen LogP contribution in [0.2, 0.25) is 0 Å². The molecule has 7 rings (SSSR count). The van der Waals surface area contributed by atoms with E-state index >= 15 is 0 Å². The van der Waals surface area contributed by atoms with Crippen LogP contribution in [0.25, 0.3) is 58.5 Å². The van der Waals surface area contributed by atoms with Crippen LogP contribution in [0.3, 0.4) is 0 Å². The number of thiazole rings is 1. The number of hydrogen-bond donors (Lipinski definition) is 0. The maximum absolute atomic E-state index is 4.60. The van der Waals surface area contributed by atoms with E-state index in [1.807, 2.05) is 79.4 Å². The Morgan fingerprint density at radius 3 is 1.37 bits per heavy atom. The minimum Gasteiger partial charge on any atom is -0.249 e. The summed E-state index contributed by atoms with van der Waals surface area (Å²) in [6.45, 7) is 9.02. The molecular formula is C46H53NS7. The third-order valence-electron chi connectivity index (χ3n) is 10.0. The molecule has 54 heavy (non-hydrogen) atoms. The second-order valence-electron chi connectivity index (χ2n) is 14.4. The second kappa shape index (κ2) is 19.8. The van der Waals surface area contributed by atoms with Gasteiger partial charge in [0.2, 0.25) is 0 Å². The van der Waals surface area contributed by atoms with Gasteiger partial charge in [0.15, 0.2) is 0 Å². The van der Waals surface area contributed by atoms with Crippen molar-refractivity contribution in [3.05, 3.63) is 87.9 Å². The highest BCUT2D eigenvalue weighted by Gasteiger charge is 2.20. The zero-order chi connectivity index (χ0) is 37.3. The van der Waals surface area contributed by atoms with Gasteiger partial charge in [-0.15, -0.1) is 79.4 Å². The predicted octanol–water partition coefficient (Wildman–Crippen LogP) is 18.2. The first kappa shape index (κ1) is 40.0. The third-order valence-corrected chi connectivity index (χ3v) is 18.8. The van der Waals surface area contributed by atoms with Crippen molar-refractivity contribution < 1.29 is 0 Å². The average molecular weight is 844 g/mol. The molecule has 0 saturated carbocycles. The molecule has 0 aliphatic heterocycles. The average Bonchev–Trinajstić information content (AvgIpc) is 4.03. The summed E-state index contributed by atoms with van der Waals surface area (Å²) in [6.07, 6.45) is 21.2. The van der Waals surface area contributed by atoms with Crippen LogP contribution in [-0.2, 0) is 19.3 Å². The van der Waals surface area contributed by atoms with E-state index in [4.69, 9.17) is 0 Å². The molecule has 0 N–H and O–H groups in total. The Balaban J connectivity index is 1.12. The normalized spacial score (nSPS) is 11.7. The Bertz CT molecular complexity index is 2190. The van der Waals surface area contributed by atoms with Gasteiger partial charge in [0.25, 0.3) is 0 Å². The standard InChI is InChI=1S/C46H53NS7/c1-5-8-11-14-17-32-28-42(44-30-47-31(4)48-44)53-46(32)43-29-33(18-15-12-9-6-2)45(54-43)41-27-26-40(52-41)39-25-24-38(51-39)37-23-22-36(50-37)35-21-20-34(49-35)19-16-13-10-7-3/h20-30H,5-19H2,1-4H3. The lowest BCUT2D eigenvalue weighted by atomic mass is 10.0. The molecule has 0 bridgehead atoms. The maximum Gasteiger partial charge on any atom is 0.0900 e. The fourth-order valence-corrected chi connectivity index (χ4v) is 14.9. The largest absolute Gasteiger partial charge is 0.249 e. The summed E-state index contributed by atoms with van der Waals surface area (Å²) < 4.78 is 0. The van der Waals surface area contributed by atoms with Crippen LogP contribution in [0.5, 0.6) is 0 Å². The molecule has 7 aromatic rings. The van der Waals surface area contributed by atoms with Gasteiger partial charge < -0.3 is 0 Å². The highest BCUT2D eigenvalue weighted by molar-refractivity contribution is 7.31. The maximum atomic E-state index is 4.60. The van der Waals surface area contributed by atoms with Gasteiger partial charge in [0.1, 0.15) is 0 Å². The molecule has 0 atom stereocenters. The molecule has 0 amide bonds. The lowest BCUT2D eigenvalue weighted by Gasteiger charge is -2.02. The molecule has 0 aliphatic carbocycles. The van der Waals surface area contributed by atoms with Gasteiger partial charge in [0.05, 0.1) is 9.88 Å². The van der Waals surface area contributed by atoms with Gasteiger partial charge in [-0.1, -0.05) is 78.6 Å². The van der Waals surface area contributed by atoms with Crippen molar-refractivity contribution in [1.29, 1.82) is 0 Å². The van der Waals surface area contributed by atoms with Gasteiger partial charge in [-0.3, -0.25) is 0 Å². The zero-order valence-corrected chi connectivity index (χ0v) is 38.0. The SMILES string of the molecule is CCCCCCc1ccc(-c2ccc(-c3ccc(-c4ccc(-c5sc(-c6sc(-c7cnc(C)s7)cc6CCCCCC)cc5CCCCCC)s4)s3)s2)s1. The molecular weight excluding hydrogens is 791 g/mol. The number of nitrogens with zero attached hydrogens (tertiary/aromatic N) is 1. The fraction of sp³-hybridized carbons (Fsp3) is 0.413. The van der Waals surface area contributed by atoms with Crippen LogP contribution in [0.1, 0.15) is 119 Å². The van der Waals surface area contributed by atoms with E-state index in [0.29, 0.717) is 0 Å². The monoisotopic (exact) mass is 843 g/mol. The van der Waals surface area contributed by atoms with Crippen LogP contribution in [-0.4, -0.2) is 4.98 Å². The van der Waals surface area contributed by atoms with Crippen molar-refractivity contribution in [2.45, 2.75) is 124 Å². The molecule has 0 unspecified atom stereocenters. The minimum absolute atomic E-state index is 1.14. The van der Waals surface area contributed by atoms with E-state index in [1.54, 1.807) is 0 Å². The third kappa shape index (κ3) is 10.0. The van der Waals surface area contributed by atoms with Gasteiger partial charge in [-0.25, -0.2) is 4.98 Å². The first-order valence-corrected chi connectivity index (χ1v) is 25.8. The van der Waals surface area contributed by atoms with Crippen molar-refractivity contribution in [3.8, 4) is 58.5 Å². The first-order valence-electron chi connectivity index (χ1n) is 20.1. The summed E-state index contributed by atoms with van der Waals surface area (Å²) in [5, 5.41) is 1.14. The van der Waals surface area contributed by atoms with Crippen LogP contribution in [0.15, 0.2) is 66.9 Å². The molecule has 1 nitrogen and oxygen atoms in total. The van der Waals surface area contributed by atoms with Crippen LogP contribution in [0.4, 0.5) is 0 Å². The van der Waals surface area contributed by atoms with Crippen LogP contribution < -0.4 is 0 Å². The fourth-order valence-electron chi connectivity index (χ4n) is 7.01. The van der Waals surface area contributed by atoms with Gasteiger partial charge in [-0.2, -0.15) is 0 Å². The van der Waals surface area contributed by atoms with Gasteiger partial charge >= 0.3 is 0 Å². The molecule has 7 aromatic heterocycles. The Morgan fingerprint density at radius 2 is 0.833 bits per heavy atom. The molecule has 0 aromatic carbocycles. The molecule has 7 heterocycles. The van der Waals surface area contributed by atoms with E-state index in [0.717, 1.165) is 17.8 Å². The molecule has 0 aliphatic rings. The first-order chi connectivity index (χ1) is 26.5. The van der Waals surface area contributed by atoms with E-state index in [1.165, 1.54) is 158 Å². The topological polar surface area (TPSA) is 12.9 Å². The Morgan fingerprint density at radius 1 is 0.389 bits per heavy atom. The molecule has 8 heteroatoms. The quantitative estimate of drug-likeness (QED) is 0.0657. The predicted molar refractivity (Wildman–Crippen MR) is 250 cm³/mol. The second-order valence-corrected chi connectivity index (χ2v) is 22.1. The van der Waals surface area contributed by atoms with Gasteiger partial charge in [0, 0.05) is 64.7 Å². The number of aryl methyl sites for hydroxylation is 4. The molecule has 0 spiro atoms. The number of rotatable bonds is 21. The molecule has 0 fully saturated rings. The summed E-state index contributed by atoms with van der Waals surface area (Å²) >= 11 is 13.7. The Hall–Kier alpha value is -2.17. The summed E-state index contributed by atoms with van der Waals surface area (Å²) in [5.41, 5.74) is 3.06. The Labute approximate surface area is 351 Å². The zero-order valence-electron chi connectivity index (χ0n) is 32.3. The minimum atomic E-state index is 1.14. The van der Waals surface area contributed by atoms with Crippen molar-refractivity contribution in [3.63, 3.8) is 0 Å². The van der Waals surface area contributed by atoms with Crippen molar-refractivity contribution in [2.24, 2.45) is 0 Å². The van der Waals surface area contributed by atoms with Crippen molar-refractivity contribution in [1.82, 2.24) is 4.98 Å². The van der Waals surface area contributed by atoms with E-state index in [9.17, 15) is 0 Å². The molecule has 0 saturated heterocycles. The molecule has 284 valence electrons. The lowest BCUT2D eigenvalue weighted by Crippen LogP contribution is -1.86.